The summed E-state index contributed by atoms with van der Waals surface area (Å²) < 4.78 is 0. The zero-order valence-electron chi connectivity index (χ0n) is 31.3. The molecule has 0 spiro atoms. The number of carbonyl (C=O) groups is 8. The quantitative estimate of drug-likeness (QED) is 0.0703. The summed E-state index contributed by atoms with van der Waals surface area (Å²) in [5.74, 6) is -6.67. The molecule has 0 saturated carbocycles. The fourth-order valence-electron chi connectivity index (χ4n) is 5.48. The van der Waals surface area contributed by atoms with Crippen LogP contribution in [0.15, 0.2) is 24.3 Å². The number of phenols is 1. The van der Waals surface area contributed by atoms with Crippen LogP contribution in [-0.2, 0) is 44.8 Å². The van der Waals surface area contributed by atoms with Crippen molar-refractivity contribution in [1.82, 2.24) is 31.5 Å². The van der Waals surface area contributed by atoms with E-state index in [2.05, 4.69) is 26.6 Å². The maximum Gasteiger partial charge on any atom is 0.303 e. The number of rotatable bonds is 21. The Bertz CT molecular complexity index is 1510. The Morgan fingerprint density at radius 2 is 1.43 bits per heavy atom. The molecule has 1 aromatic carbocycles. The van der Waals surface area contributed by atoms with E-state index < -0.39 is 102 Å². The van der Waals surface area contributed by atoms with Crippen LogP contribution in [0.2, 0.25) is 0 Å². The van der Waals surface area contributed by atoms with Crippen molar-refractivity contribution < 1.29 is 48.6 Å². The van der Waals surface area contributed by atoms with Crippen LogP contribution >= 0.6 is 11.8 Å². The number of hydrogen-bond donors (Lipinski definition) is 9. The third-order valence-corrected chi connectivity index (χ3v) is 10.2. The minimum Gasteiger partial charge on any atom is -0.508 e. The molecule has 19 heteroatoms. The average molecular weight is 779 g/mol. The molecule has 1 saturated heterocycles. The second kappa shape index (κ2) is 21.7. The van der Waals surface area contributed by atoms with E-state index in [9.17, 15) is 48.6 Å². The lowest BCUT2D eigenvalue weighted by atomic mass is 9.94. The molecule has 2 rings (SSSR count). The summed E-state index contributed by atoms with van der Waals surface area (Å²) in [4.78, 5) is 104. The Labute approximate surface area is 318 Å². The first kappa shape index (κ1) is 45.2. The fraction of sp³-hybridized carbons (Fsp3) is 0.600. The van der Waals surface area contributed by atoms with Crippen LogP contribution in [-0.4, -0.2) is 117 Å². The van der Waals surface area contributed by atoms with E-state index in [1.807, 2.05) is 0 Å². The molecule has 300 valence electrons. The molecule has 11 N–H and O–H groups in total. The zero-order chi connectivity index (χ0) is 40.7. The summed E-state index contributed by atoms with van der Waals surface area (Å²) in [5, 5.41) is 31.7. The third-order valence-electron chi connectivity index (χ3n) is 9.23. The van der Waals surface area contributed by atoms with Gasteiger partial charge in [-0.05, 0) is 49.3 Å². The maximum absolute atomic E-state index is 13.7. The number of primary amides is 1. The molecule has 54 heavy (non-hydrogen) atoms. The number of carboxylic acid groups (broad SMARTS) is 1. The Hall–Kier alpha value is -4.91. The highest BCUT2D eigenvalue weighted by Crippen LogP contribution is 2.23. The summed E-state index contributed by atoms with van der Waals surface area (Å²) in [6.07, 6.45) is 0.189. The molecule has 0 unspecified atom stereocenters. The lowest BCUT2D eigenvalue weighted by Gasteiger charge is -2.31. The van der Waals surface area contributed by atoms with E-state index in [1.54, 1.807) is 39.8 Å². The molecule has 1 aromatic rings. The lowest BCUT2D eigenvalue weighted by molar-refractivity contribution is -0.142. The van der Waals surface area contributed by atoms with Crippen molar-refractivity contribution in [2.45, 2.75) is 103 Å². The number of aliphatic carboxylic acids is 1. The number of aromatic hydroxyl groups is 1. The molecule has 8 atom stereocenters. The molecule has 0 aliphatic carbocycles. The molecule has 0 aromatic heterocycles. The molecule has 0 bridgehead atoms. The first-order valence-corrected chi connectivity index (χ1v) is 19.0. The van der Waals surface area contributed by atoms with Gasteiger partial charge in [-0.2, -0.15) is 0 Å². The van der Waals surface area contributed by atoms with Gasteiger partial charge in [0.05, 0.1) is 18.5 Å². The van der Waals surface area contributed by atoms with Gasteiger partial charge in [0.1, 0.15) is 36.0 Å². The van der Waals surface area contributed by atoms with Gasteiger partial charge < -0.3 is 53.2 Å². The minimum absolute atomic E-state index is 0.0583. The maximum atomic E-state index is 13.7. The first-order valence-electron chi connectivity index (χ1n) is 17.8. The molecular weight excluding hydrogens is 724 g/mol. The highest BCUT2D eigenvalue weighted by atomic mass is 32.2. The number of benzene rings is 1. The first-order chi connectivity index (χ1) is 25.4. The third kappa shape index (κ3) is 13.8. The van der Waals surface area contributed by atoms with Gasteiger partial charge in [0.25, 0.3) is 0 Å². The summed E-state index contributed by atoms with van der Waals surface area (Å²) in [7, 11) is 0. The van der Waals surface area contributed by atoms with E-state index in [1.165, 1.54) is 35.7 Å². The van der Waals surface area contributed by atoms with Gasteiger partial charge in [-0.25, -0.2) is 0 Å². The van der Waals surface area contributed by atoms with Gasteiger partial charge in [0.2, 0.25) is 41.4 Å². The second-order valence-electron chi connectivity index (χ2n) is 13.5. The summed E-state index contributed by atoms with van der Waals surface area (Å²) in [6, 6.07) is -0.695. The number of nitrogens with two attached hydrogens (primary N) is 2. The van der Waals surface area contributed by atoms with Gasteiger partial charge in [0, 0.05) is 12.2 Å². The number of nitrogens with one attached hydrogen (secondary N) is 5. The van der Waals surface area contributed by atoms with Crippen LogP contribution < -0.4 is 38.1 Å². The Kier molecular flexibility index (Phi) is 18.2. The van der Waals surface area contributed by atoms with Crippen molar-refractivity contribution in [2.24, 2.45) is 23.3 Å². The fourth-order valence-corrected chi connectivity index (χ4v) is 6.64. The van der Waals surface area contributed by atoms with Crippen LogP contribution in [0.3, 0.4) is 0 Å². The number of carbonyl (C=O) groups excluding carboxylic acids is 7. The van der Waals surface area contributed by atoms with Crippen molar-refractivity contribution >= 4 is 59.1 Å². The molecule has 7 amide bonds. The van der Waals surface area contributed by atoms with Crippen molar-refractivity contribution in [1.29, 1.82) is 0 Å². The van der Waals surface area contributed by atoms with Crippen molar-refractivity contribution in [3.63, 3.8) is 0 Å². The smallest absolute Gasteiger partial charge is 0.303 e. The lowest BCUT2D eigenvalue weighted by Crippen LogP contribution is -2.61. The molecule has 1 aliphatic heterocycles. The Balaban J connectivity index is 2.18. The van der Waals surface area contributed by atoms with Crippen LogP contribution in [0, 0.1) is 11.8 Å². The number of nitrogens with zero attached hydrogens (tertiary/aromatic N) is 1. The van der Waals surface area contributed by atoms with Crippen LogP contribution in [0.4, 0.5) is 0 Å². The normalized spacial score (nSPS) is 17.7. The predicted molar refractivity (Wildman–Crippen MR) is 199 cm³/mol. The topological polar surface area (TPSA) is 292 Å². The van der Waals surface area contributed by atoms with Crippen LogP contribution in [0.1, 0.15) is 65.9 Å². The van der Waals surface area contributed by atoms with E-state index in [4.69, 9.17) is 11.5 Å². The van der Waals surface area contributed by atoms with Crippen molar-refractivity contribution in [3.8, 4) is 5.75 Å². The minimum atomic E-state index is -1.42. The molecule has 1 fully saturated rings. The second-order valence-corrected chi connectivity index (χ2v) is 14.5. The van der Waals surface area contributed by atoms with Gasteiger partial charge in [0.15, 0.2) is 0 Å². The summed E-state index contributed by atoms with van der Waals surface area (Å²) in [6.45, 7) is 8.01. The Morgan fingerprint density at radius 1 is 0.852 bits per heavy atom. The molecule has 18 nitrogen and oxygen atoms in total. The highest BCUT2D eigenvalue weighted by molar-refractivity contribution is 7.99. The molecule has 0 radical (unpaired) electrons. The summed E-state index contributed by atoms with van der Waals surface area (Å²) in [5.41, 5.74) is 11.9. The van der Waals surface area contributed by atoms with E-state index in [0.717, 1.165) is 0 Å². The van der Waals surface area contributed by atoms with E-state index in [-0.39, 0.29) is 36.1 Å². The monoisotopic (exact) mass is 778 g/mol. The SMILES string of the molecule is CC[C@H](C)[C@H](NC(=O)[C@H](CCC(=O)O)NC(=O)[C@@H]1CSCN1C(=O)[C@@H](C)NC(=O)[C@@H](N)Cc1ccc(O)cc1)C(=O)N[C@H](C(=O)NCC(N)=O)[C@@H](C)CC. The molecule has 1 heterocycles. The van der Waals surface area contributed by atoms with Gasteiger partial charge in [-0.15, -0.1) is 11.8 Å². The van der Waals surface area contributed by atoms with Crippen LogP contribution in [0.25, 0.3) is 0 Å². The van der Waals surface area contributed by atoms with Crippen LogP contribution in [0.5, 0.6) is 5.75 Å². The number of thioether (sulfide) groups is 1. The van der Waals surface area contributed by atoms with Gasteiger partial charge in [-0.3, -0.25) is 38.4 Å². The number of phenolic OH excluding ortho intramolecular Hbond substituents is 1. The van der Waals surface area contributed by atoms with E-state index >= 15 is 0 Å². The number of carboxylic acids is 1. The molecule has 1 aliphatic rings. The van der Waals surface area contributed by atoms with Gasteiger partial charge in [-0.1, -0.05) is 52.7 Å². The Morgan fingerprint density at radius 3 is 1.98 bits per heavy atom. The number of hydrogen-bond acceptors (Lipinski definition) is 11. The largest absolute Gasteiger partial charge is 0.508 e. The highest BCUT2D eigenvalue weighted by Gasteiger charge is 2.39. The molecular formula is C35H54N8O10S. The van der Waals surface area contributed by atoms with Crippen molar-refractivity contribution in [3.05, 3.63) is 29.8 Å². The van der Waals surface area contributed by atoms with Gasteiger partial charge >= 0.3 is 5.97 Å². The predicted octanol–water partition coefficient (Wildman–Crippen LogP) is -1.32. The average Bonchev–Trinajstić information content (AvgIpc) is 3.63. The van der Waals surface area contributed by atoms with Crippen molar-refractivity contribution in [2.75, 3.05) is 18.2 Å². The number of amides is 7. The summed E-state index contributed by atoms with van der Waals surface area (Å²) >= 11 is 1.27. The van der Waals surface area contributed by atoms with E-state index in [0.29, 0.717) is 18.4 Å². The zero-order valence-corrected chi connectivity index (χ0v) is 32.1. The standard InChI is InChI=1S/C35H54N8O10S/c1-6-18(3)28(33(51)38-15-26(37)45)42-34(52)29(19(4)7-2)41-31(49)24(12-13-27(46)47)40-32(50)25-16-54-17-43(25)35(53)20(5)39-30(48)23(36)14-21-8-10-22(44)11-9-21/h8-11,18-20,23-25,28-29,44H,6-7,12-17,36H2,1-5H3,(H2,37,45)(H,38,51)(H,39,48)(H,40,50)(H,41,49)(H,42,52)(H,46,47)/t18-,19-,20+,23-,24-,25-,28-,29-/m0/s1.